The molecule has 0 aliphatic heterocycles. The van der Waals surface area contributed by atoms with Crippen LogP contribution < -0.4 is 5.32 Å². The van der Waals surface area contributed by atoms with Gasteiger partial charge in [0.05, 0.1) is 5.88 Å². The molecular weight excluding hydrogens is 272 g/mol. The van der Waals surface area contributed by atoms with Crippen molar-refractivity contribution in [2.45, 2.75) is 13.0 Å². The van der Waals surface area contributed by atoms with E-state index in [0.717, 1.165) is 0 Å². The third kappa shape index (κ3) is 4.47. The number of alkyl halides is 1. The maximum atomic E-state index is 11.3. The van der Waals surface area contributed by atoms with Gasteiger partial charge in [0.25, 0.3) is 0 Å². The van der Waals surface area contributed by atoms with Crippen LogP contribution in [0, 0.1) is 0 Å². The van der Waals surface area contributed by atoms with E-state index in [2.05, 4.69) is 5.32 Å². The molecule has 1 rings (SSSR count). The molecular formula is C10H10Cl3NO2. The third-order valence-corrected chi connectivity index (χ3v) is 2.51. The number of nitrogens with one attached hydrogen (secondary N) is 1. The maximum Gasteiger partial charge on any atom is 0.411 e. The van der Waals surface area contributed by atoms with Gasteiger partial charge in [0.1, 0.15) is 6.10 Å². The molecule has 0 fully saturated rings. The van der Waals surface area contributed by atoms with Gasteiger partial charge in [-0.25, -0.2) is 4.79 Å². The second-order valence-electron chi connectivity index (χ2n) is 3.15. The molecule has 0 radical (unpaired) electrons. The number of rotatable bonds is 3. The van der Waals surface area contributed by atoms with E-state index in [1.807, 2.05) is 0 Å². The minimum Gasteiger partial charge on any atom is -0.445 e. The van der Waals surface area contributed by atoms with Crippen molar-refractivity contribution in [2.24, 2.45) is 0 Å². The van der Waals surface area contributed by atoms with E-state index in [1.54, 1.807) is 25.1 Å². The molecule has 1 amide bonds. The van der Waals surface area contributed by atoms with Crippen LogP contribution in [0.4, 0.5) is 10.5 Å². The van der Waals surface area contributed by atoms with E-state index < -0.39 is 6.09 Å². The molecule has 0 aromatic heterocycles. The van der Waals surface area contributed by atoms with Gasteiger partial charge in [-0.3, -0.25) is 5.32 Å². The van der Waals surface area contributed by atoms with Gasteiger partial charge in [0, 0.05) is 15.7 Å². The molecule has 1 N–H and O–H groups in total. The molecule has 1 atom stereocenters. The summed E-state index contributed by atoms with van der Waals surface area (Å²) in [7, 11) is 0. The van der Waals surface area contributed by atoms with E-state index in [4.69, 9.17) is 39.5 Å². The lowest BCUT2D eigenvalue weighted by Gasteiger charge is -2.11. The molecule has 6 heteroatoms. The predicted molar refractivity (Wildman–Crippen MR) is 66.7 cm³/mol. The first-order valence-corrected chi connectivity index (χ1v) is 5.80. The van der Waals surface area contributed by atoms with Crippen LogP contribution in [0.5, 0.6) is 0 Å². The number of hydrogen-bond donors (Lipinski definition) is 1. The first kappa shape index (κ1) is 13.4. The van der Waals surface area contributed by atoms with Crippen molar-refractivity contribution < 1.29 is 9.53 Å². The molecule has 1 unspecified atom stereocenters. The van der Waals surface area contributed by atoms with Gasteiger partial charge in [-0.1, -0.05) is 23.2 Å². The number of ether oxygens (including phenoxy) is 1. The summed E-state index contributed by atoms with van der Waals surface area (Å²) in [6.45, 7) is 1.69. The summed E-state index contributed by atoms with van der Waals surface area (Å²) in [5.74, 6) is 0.240. The molecule has 88 valence electrons. The highest BCUT2D eigenvalue weighted by molar-refractivity contribution is 6.35. The third-order valence-electron chi connectivity index (χ3n) is 1.63. The van der Waals surface area contributed by atoms with Crippen molar-refractivity contribution in [3.05, 3.63) is 28.2 Å². The second kappa shape index (κ2) is 6.18. The number of hydrogen-bond acceptors (Lipinski definition) is 2. The normalized spacial score (nSPS) is 12.0. The Morgan fingerprint density at radius 3 is 2.44 bits per heavy atom. The van der Waals surface area contributed by atoms with Gasteiger partial charge in [-0.15, -0.1) is 11.6 Å². The predicted octanol–water partition coefficient (Wildman–Crippen LogP) is 4.17. The lowest BCUT2D eigenvalue weighted by molar-refractivity contribution is 0.131. The van der Waals surface area contributed by atoms with Crippen LogP contribution in [0.2, 0.25) is 10.0 Å². The SMILES string of the molecule is CC(CCl)OC(=O)Nc1cc(Cl)cc(Cl)c1. The van der Waals surface area contributed by atoms with Crippen molar-refractivity contribution in [3.8, 4) is 0 Å². The van der Waals surface area contributed by atoms with Crippen molar-refractivity contribution >= 4 is 46.6 Å². The molecule has 1 aromatic rings. The number of halogens is 3. The van der Waals surface area contributed by atoms with Gasteiger partial charge >= 0.3 is 6.09 Å². The maximum absolute atomic E-state index is 11.3. The van der Waals surface area contributed by atoms with Crippen molar-refractivity contribution in [3.63, 3.8) is 0 Å². The lowest BCUT2D eigenvalue weighted by atomic mass is 10.3. The summed E-state index contributed by atoms with van der Waals surface area (Å²) < 4.78 is 4.92. The lowest BCUT2D eigenvalue weighted by Crippen LogP contribution is -2.21. The number of anilines is 1. The van der Waals surface area contributed by atoms with Crippen LogP contribution >= 0.6 is 34.8 Å². The zero-order valence-electron chi connectivity index (χ0n) is 8.47. The van der Waals surface area contributed by atoms with Crippen LogP contribution in [0.1, 0.15) is 6.92 Å². The zero-order chi connectivity index (χ0) is 12.1. The van der Waals surface area contributed by atoms with Crippen molar-refractivity contribution in [1.29, 1.82) is 0 Å². The molecule has 3 nitrogen and oxygen atoms in total. The Labute approximate surface area is 109 Å². The fourth-order valence-electron chi connectivity index (χ4n) is 0.988. The summed E-state index contributed by atoms with van der Waals surface area (Å²) in [6.07, 6.45) is -0.942. The van der Waals surface area contributed by atoms with Gasteiger partial charge in [0.2, 0.25) is 0 Å². The highest BCUT2D eigenvalue weighted by atomic mass is 35.5. The molecule has 16 heavy (non-hydrogen) atoms. The number of carbonyl (C=O) groups excluding carboxylic acids is 1. The molecule has 0 bridgehead atoms. The van der Waals surface area contributed by atoms with Gasteiger partial charge < -0.3 is 4.74 Å². The topological polar surface area (TPSA) is 38.3 Å². The second-order valence-corrected chi connectivity index (χ2v) is 4.33. The highest BCUT2D eigenvalue weighted by Gasteiger charge is 2.09. The number of carbonyl (C=O) groups is 1. The quantitative estimate of drug-likeness (QED) is 0.845. The Balaban J connectivity index is 2.62. The Bertz CT molecular complexity index is 364. The monoisotopic (exact) mass is 281 g/mol. The summed E-state index contributed by atoms with van der Waals surface area (Å²) in [5.41, 5.74) is 0.476. The van der Waals surface area contributed by atoms with Gasteiger partial charge in [-0.05, 0) is 25.1 Å². The Kier molecular flexibility index (Phi) is 5.19. The molecule has 0 saturated carbocycles. The molecule has 0 aliphatic carbocycles. The van der Waals surface area contributed by atoms with E-state index in [-0.39, 0.29) is 12.0 Å². The zero-order valence-corrected chi connectivity index (χ0v) is 10.7. The van der Waals surface area contributed by atoms with E-state index in [9.17, 15) is 4.79 Å². The van der Waals surface area contributed by atoms with Gasteiger partial charge in [0.15, 0.2) is 0 Å². The average molecular weight is 283 g/mol. The first-order chi connectivity index (χ1) is 7.51. The summed E-state index contributed by atoms with van der Waals surface area (Å²) in [5, 5.41) is 3.38. The summed E-state index contributed by atoms with van der Waals surface area (Å²) >= 11 is 17.0. The molecule has 0 aliphatic rings. The summed E-state index contributed by atoms with van der Waals surface area (Å²) in [4.78, 5) is 11.3. The van der Waals surface area contributed by atoms with Crippen LogP contribution in [-0.2, 0) is 4.74 Å². The van der Waals surface area contributed by atoms with Crippen LogP contribution in [0.25, 0.3) is 0 Å². The van der Waals surface area contributed by atoms with Crippen LogP contribution in [0.3, 0.4) is 0 Å². The highest BCUT2D eigenvalue weighted by Crippen LogP contribution is 2.22. The van der Waals surface area contributed by atoms with Crippen molar-refractivity contribution in [2.75, 3.05) is 11.2 Å². The largest absolute Gasteiger partial charge is 0.445 e. The minimum absolute atomic E-state index is 0.240. The fraction of sp³-hybridized carbons (Fsp3) is 0.300. The first-order valence-electron chi connectivity index (χ1n) is 4.51. The fourth-order valence-corrected chi connectivity index (χ4v) is 1.58. The summed E-state index contributed by atoms with van der Waals surface area (Å²) in [6, 6.07) is 4.71. The van der Waals surface area contributed by atoms with Gasteiger partial charge in [-0.2, -0.15) is 0 Å². The Morgan fingerprint density at radius 2 is 1.94 bits per heavy atom. The smallest absolute Gasteiger partial charge is 0.411 e. The molecule has 0 saturated heterocycles. The minimum atomic E-state index is -0.591. The van der Waals surface area contributed by atoms with Crippen LogP contribution in [0.15, 0.2) is 18.2 Å². The van der Waals surface area contributed by atoms with Crippen molar-refractivity contribution in [1.82, 2.24) is 0 Å². The van der Waals surface area contributed by atoms with E-state index in [1.165, 1.54) is 0 Å². The average Bonchev–Trinajstić information content (AvgIpc) is 2.15. The Morgan fingerprint density at radius 1 is 1.38 bits per heavy atom. The molecule has 0 spiro atoms. The molecule has 0 heterocycles. The van der Waals surface area contributed by atoms with E-state index >= 15 is 0 Å². The standard InChI is InChI=1S/C10H10Cl3NO2/c1-6(5-11)16-10(15)14-9-3-7(12)2-8(13)4-9/h2-4,6H,5H2,1H3,(H,14,15). The Hall–Kier alpha value is -0.640. The number of amides is 1. The molecule has 1 aromatic carbocycles. The number of benzene rings is 1. The van der Waals surface area contributed by atoms with E-state index in [0.29, 0.717) is 15.7 Å². The van der Waals surface area contributed by atoms with Crippen LogP contribution in [-0.4, -0.2) is 18.1 Å².